The van der Waals surface area contributed by atoms with Gasteiger partial charge in [0.05, 0.1) is 42.8 Å². The van der Waals surface area contributed by atoms with Gasteiger partial charge in [0.1, 0.15) is 0 Å². The van der Waals surface area contributed by atoms with Gasteiger partial charge in [0, 0.05) is 6.54 Å². The number of alkyl halides is 3. The van der Waals surface area contributed by atoms with E-state index in [2.05, 4.69) is 0 Å². The maximum atomic E-state index is 12.8. The third kappa shape index (κ3) is 5.38. The first-order valence-corrected chi connectivity index (χ1v) is 10.8. The van der Waals surface area contributed by atoms with E-state index in [0.29, 0.717) is 5.56 Å². The molecule has 1 aliphatic rings. The number of benzene rings is 2. The van der Waals surface area contributed by atoms with Gasteiger partial charge < -0.3 is 14.9 Å². The smallest absolute Gasteiger partial charge is 0.389 e. The zero-order valence-corrected chi connectivity index (χ0v) is 16.7. The molecule has 2 aromatic rings. The first-order chi connectivity index (χ1) is 14.1. The number of halogens is 3. The number of nitrogens with zero attached hydrogens (tertiary/aromatic N) is 1. The molecular formula is C20H22F3NO5S. The van der Waals surface area contributed by atoms with Crippen LogP contribution >= 0.6 is 0 Å². The maximum absolute atomic E-state index is 12.8. The van der Waals surface area contributed by atoms with E-state index >= 15 is 0 Å². The van der Waals surface area contributed by atoms with Crippen LogP contribution in [-0.4, -0.2) is 53.5 Å². The Hall–Kier alpha value is -1.98. The van der Waals surface area contributed by atoms with Gasteiger partial charge in [-0.15, -0.1) is 0 Å². The van der Waals surface area contributed by atoms with Crippen molar-refractivity contribution >= 4 is 10.0 Å². The van der Waals surface area contributed by atoms with Crippen LogP contribution in [0.2, 0.25) is 0 Å². The van der Waals surface area contributed by atoms with Gasteiger partial charge in [0.15, 0.2) is 0 Å². The Bertz CT molecular complexity index is 935. The van der Waals surface area contributed by atoms with Crippen molar-refractivity contribution in [2.24, 2.45) is 0 Å². The molecule has 1 aliphatic heterocycles. The van der Waals surface area contributed by atoms with Crippen LogP contribution in [0.25, 0.3) is 0 Å². The molecule has 164 valence electrons. The molecule has 0 saturated carbocycles. The van der Waals surface area contributed by atoms with Crippen LogP contribution in [0, 0.1) is 0 Å². The minimum Gasteiger partial charge on any atom is -0.389 e. The SMILES string of the molecule is O=S1(=O)C[C@@H](O)[C@@H](O)[C@H](COCc2ccccc2)N1Cc1ccc(C(F)(F)F)cc1. The quantitative estimate of drug-likeness (QED) is 0.712. The van der Waals surface area contributed by atoms with Crippen LogP contribution in [0.1, 0.15) is 16.7 Å². The molecule has 1 fully saturated rings. The number of hydrogen-bond acceptors (Lipinski definition) is 5. The number of rotatable bonds is 6. The highest BCUT2D eigenvalue weighted by Gasteiger charge is 2.45. The fourth-order valence-electron chi connectivity index (χ4n) is 3.29. The summed E-state index contributed by atoms with van der Waals surface area (Å²) >= 11 is 0. The van der Waals surface area contributed by atoms with Crippen molar-refractivity contribution < 1.29 is 36.5 Å². The summed E-state index contributed by atoms with van der Waals surface area (Å²) in [5, 5.41) is 20.4. The van der Waals surface area contributed by atoms with E-state index in [1.807, 2.05) is 30.3 Å². The van der Waals surface area contributed by atoms with E-state index in [4.69, 9.17) is 4.74 Å². The van der Waals surface area contributed by atoms with E-state index in [1.54, 1.807) is 0 Å². The van der Waals surface area contributed by atoms with E-state index in [-0.39, 0.29) is 19.8 Å². The molecule has 0 radical (unpaired) electrons. The summed E-state index contributed by atoms with van der Waals surface area (Å²) in [5.41, 5.74) is 0.328. The summed E-state index contributed by atoms with van der Waals surface area (Å²) in [6.45, 7) is -0.259. The Morgan fingerprint density at radius 2 is 1.63 bits per heavy atom. The summed E-state index contributed by atoms with van der Waals surface area (Å²) in [4.78, 5) is 0. The molecule has 2 N–H and O–H groups in total. The molecule has 2 aromatic carbocycles. The summed E-state index contributed by atoms with van der Waals surface area (Å²) in [6, 6.07) is 12.2. The summed E-state index contributed by atoms with van der Waals surface area (Å²) in [5.74, 6) is -0.677. The zero-order valence-electron chi connectivity index (χ0n) is 15.9. The zero-order chi connectivity index (χ0) is 21.9. The number of ether oxygens (including phenoxy) is 1. The average molecular weight is 445 g/mol. The van der Waals surface area contributed by atoms with Gasteiger partial charge in [-0.25, -0.2) is 8.42 Å². The molecule has 6 nitrogen and oxygen atoms in total. The third-order valence-corrected chi connectivity index (χ3v) is 6.79. The Labute approximate surface area is 172 Å². The van der Waals surface area contributed by atoms with Gasteiger partial charge >= 0.3 is 6.18 Å². The standard InChI is InChI=1S/C20H22F3NO5S/c21-20(22,23)16-8-6-14(7-9-16)10-24-17(19(26)18(25)13-30(24,27)28)12-29-11-15-4-2-1-3-5-15/h1-9,17-19,25-26H,10-13H2/t17-,18+,19-/m0/s1. The maximum Gasteiger partial charge on any atom is 0.416 e. The molecule has 0 aromatic heterocycles. The molecule has 1 heterocycles. The van der Waals surface area contributed by atoms with E-state index in [9.17, 15) is 31.8 Å². The largest absolute Gasteiger partial charge is 0.416 e. The number of sulfonamides is 1. The molecule has 0 aliphatic carbocycles. The van der Waals surface area contributed by atoms with Gasteiger partial charge in [-0.2, -0.15) is 17.5 Å². The van der Waals surface area contributed by atoms with Crippen molar-refractivity contribution in [2.75, 3.05) is 12.4 Å². The van der Waals surface area contributed by atoms with Gasteiger partial charge in [0.25, 0.3) is 0 Å². The topological polar surface area (TPSA) is 87.1 Å². The minimum atomic E-state index is -4.50. The number of hydrogen-bond donors (Lipinski definition) is 2. The molecule has 0 spiro atoms. The van der Waals surface area contributed by atoms with E-state index in [1.165, 1.54) is 12.1 Å². The predicted octanol–water partition coefficient (Wildman–Crippen LogP) is 2.16. The Kier molecular flexibility index (Phi) is 6.83. The summed E-state index contributed by atoms with van der Waals surface area (Å²) in [6.07, 6.45) is -7.37. The molecule has 0 amide bonds. The summed E-state index contributed by atoms with van der Waals surface area (Å²) < 4.78 is 70.1. The van der Waals surface area contributed by atoms with Crippen molar-refractivity contribution in [1.29, 1.82) is 0 Å². The molecule has 0 bridgehead atoms. The Morgan fingerprint density at radius 3 is 2.23 bits per heavy atom. The van der Waals surface area contributed by atoms with Gasteiger partial charge in [0.2, 0.25) is 10.0 Å². The highest BCUT2D eigenvalue weighted by molar-refractivity contribution is 7.89. The first kappa shape index (κ1) is 22.7. The second-order valence-electron chi connectivity index (χ2n) is 7.14. The number of aliphatic hydroxyl groups excluding tert-OH is 2. The lowest BCUT2D eigenvalue weighted by atomic mass is 10.1. The average Bonchev–Trinajstić information content (AvgIpc) is 2.68. The van der Waals surface area contributed by atoms with Crippen LogP contribution in [0.4, 0.5) is 13.2 Å². The predicted molar refractivity (Wildman–Crippen MR) is 103 cm³/mol. The third-order valence-electron chi connectivity index (χ3n) is 4.92. The molecule has 3 rings (SSSR count). The van der Waals surface area contributed by atoms with Crippen LogP contribution < -0.4 is 0 Å². The van der Waals surface area contributed by atoms with E-state index < -0.39 is 45.8 Å². The van der Waals surface area contributed by atoms with Crippen LogP contribution in [0.3, 0.4) is 0 Å². The van der Waals surface area contributed by atoms with Gasteiger partial charge in [-0.3, -0.25) is 0 Å². The van der Waals surface area contributed by atoms with Crippen molar-refractivity contribution in [2.45, 2.75) is 37.6 Å². The molecule has 0 unspecified atom stereocenters. The highest BCUT2D eigenvalue weighted by Crippen LogP contribution is 2.30. The highest BCUT2D eigenvalue weighted by atomic mass is 32.2. The Balaban J connectivity index is 1.76. The molecule has 10 heteroatoms. The second-order valence-corrected chi connectivity index (χ2v) is 9.11. The first-order valence-electron chi connectivity index (χ1n) is 9.21. The lowest BCUT2D eigenvalue weighted by Crippen LogP contribution is -2.60. The summed E-state index contributed by atoms with van der Waals surface area (Å²) in [7, 11) is -3.97. The van der Waals surface area contributed by atoms with Gasteiger partial charge in [-0.05, 0) is 23.3 Å². The van der Waals surface area contributed by atoms with Crippen LogP contribution in [0.15, 0.2) is 54.6 Å². The molecule has 3 atom stereocenters. The van der Waals surface area contributed by atoms with Crippen LogP contribution in [0.5, 0.6) is 0 Å². The van der Waals surface area contributed by atoms with Gasteiger partial charge in [-0.1, -0.05) is 42.5 Å². The lowest BCUT2D eigenvalue weighted by molar-refractivity contribution is -0.137. The van der Waals surface area contributed by atoms with Crippen molar-refractivity contribution in [3.8, 4) is 0 Å². The minimum absolute atomic E-state index is 0.175. The normalized spacial score (nSPS) is 24.6. The van der Waals surface area contributed by atoms with Crippen molar-refractivity contribution in [3.05, 3.63) is 71.3 Å². The fraction of sp³-hybridized carbons (Fsp3) is 0.400. The molecule has 1 saturated heterocycles. The molecule has 30 heavy (non-hydrogen) atoms. The van der Waals surface area contributed by atoms with E-state index in [0.717, 1.165) is 22.0 Å². The lowest BCUT2D eigenvalue weighted by Gasteiger charge is -2.40. The second kappa shape index (κ2) is 9.03. The fourth-order valence-corrected chi connectivity index (χ4v) is 5.06. The Morgan fingerprint density at radius 1 is 1.00 bits per heavy atom. The van der Waals surface area contributed by atoms with Crippen molar-refractivity contribution in [1.82, 2.24) is 4.31 Å². The molecular weight excluding hydrogens is 423 g/mol. The monoisotopic (exact) mass is 445 g/mol. The number of aliphatic hydroxyl groups is 2. The van der Waals surface area contributed by atoms with Crippen LogP contribution in [-0.2, 0) is 34.1 Å². The van der Waals surface area contributed by atoms with Crippen molar-refractivity contribution in [3.63, 3.8) is 0 Å².